The summed E-state index contributed by atoms with van der Waals surface area (Å²) in [5, 5.41) is 3.09. The summed E-state index contributed by atoms with van der Waals surface area (Å²) in [6.07, 6.45) is 0. The largest absolute Gasteiger partial charge is 0.496 e. The number of nitrogens with one attached hydrogen (secondary N) is 1. The molecule has 0 atom stereocenters. The van der Waals surface area contributed by atoms with Crippen LogP contribution in [0.15, 0.2) is 52.9 Å². The van der Waals surface area contributed by atoms with Crippen molar-refractivity contribution in [1.82, 2.24) is 0 Å². The number of carbonyl (C=O) groups is 3. The molecule has 0 saturated carbocycles. The molecule has 0 fully saturated rings. The highest BCUT2D eigenvalue weighted by Crippen LogP contribution is 2.31. The van der Waals surface area contributed by atoms with E-state index in [2.05, 4.69) is 5.32 Å². The average molecular weight is 397 g/mol. The van der Waals surface area contributed by atoms with Crippen LogP contribution < -0.4 is 10.1 Å². The van der Waals surface area contributed by atoms with Crippen LogP contribution in [0.1, 0.15) is 27.8 Å². The lowest BCUT2D eigenvalue weighted by molar-refractivity contribution is -0.119. The van der Waals surface area contributed by atoms with Gasteiger partial charge < -0.3 is 23.9 Å². The first-order chi connectivity index (χ1) is 14.0. The molecular weight excluding hydrogens is 378 g/mol. The van der Waals surface area contributed by atoms with Crippen LogP contribution in [0.5, 0.6) is 5.75 Å². The molecule has 0 aliphatic heterocycles. The third-order valence-electron chi connectivity index (χ3n) is 3.98. The Hall–Kier alpha value is -3.81. The Balaban J connectivity index is 1.75. The Kier molecular flexibility index (Phi) is 6.13. The van der Waals surface area contributed by atoms with Crippen molar-refractivity contribution in [3.8, 4) is 5.75 Å². The fourth-order valence-corrected chi connectivity index (χ4v) is 2.71. The second-order valence-electron chi connectivity index (χ2n) is 5.85. The van der Waals surface area contributed by atoms with Gasteiger partial charge in [0.1, 0.15) is 22.6 Å². The van der Waals surface area contributed by atoms with E-state index in [9.17, 15) is 14.4 Å². The highest BCUT2D eigenvalue weighted by molar-refractivity contribution is 6.10. The minimum atomic E-state index is -0.708. The number of carbonyl (C=O) groups excluding carboxylic acids is 3. The molecular formula is C21H19NO7. The third-order valence-corrected chi connectivity index (χ3v) is 3.98. The van der Waals surface area contributed by atoms with E-state index in [0.29, 0.717) is 16.7 Å². The molecule has 150 valence electrons. The number of ether oxygens (including phenoxy) is 3. The highest BCUT2D eigenvalue weighted by atomic mass is 16.5. The SMILES string of the molecule is CCOC(=O)c1oc2ccccc2c1NC(=O)COC(=O)c1ccccc1OC. The molecule has 2 aromatic carbocycles. The standard InChI is InChI=1S/C21H19NO7/c1-3-27-21(25)19-18(13-8-4-7-11-16(13)29-19)22-17(23)12-28-20(24)14-9-5-6-10-15(14)26-2/h4-11H,3,12H2,1-2H3,(H,22,23). The van der Waals surface area contributed by atoms with Crippen molar-refractivity contribution in [2.75, 3.05) is 25.6 Å². The minimum Gasteiger partial charge on any atom is -0.496 e. The number of benzene rings is 2. The molecule has 0 spiro atoms. The maximum atomic E-state index is 12.4. The van der Waals surface area contributed by atoms with Gasteiger partial charge in [-0.3, -0.25) is 4.79 Å². The van der Waals surface area contributed by atoms with Crippen molar-refractivity contribution in [1.29, 1.82) is 0 Å². The minimum absolute atomic E-state index is 0.127. The zero-order chi connectivity index (χ0) is 20.8. The van der Waals surface area contributed by atoms with E-state index >= 15 is 0 Å². The topological polar surface area (TPSA) is 104 Å². The van der Waals surface area contributed by atoms with Crippen LogP contribution in [0.4, 0.5) is 5.69 Å². The van der Waals surface area contributed by atoms with Gasteiger partial charge >= 0.3 is 11.9 Å². The first-order valence-corrected chi connectivity index (χ1v) is 8.83. The van der Waals surface area contributed by atoms with Gasteiger partial charge in [-0.05, 0) is 31.2 Å². The lowest BCUT2D eigenvalue weighted by Gasteiger charge is -2.09. The average Bonchev–Trinajstić information content (AvgIpc) is 3.10. The van der Waals surface area contributed by atoms with Gasteiger partial charge in [-0.2, -0.15) is 0 Å². The van der Waals surface area contributed by atoms with Gasteiger partial charge in [0.2, 0.25) is 5.76 Å². The van der Waals surface area contributed by atoms with Gasteiger partial charge in [0.25, 0.3) is 5.91 Å². The normalized spacial score (nSPS) is 10.4. The van der Waals surface area contributed by atoms with Crippen LogP contribution in [0.2, 0.25) is 0 Å². The highest BCUT2D eigenvalue weighted by Gasteiger charge is 2.24. The van der Waals surface area contributed by atoms with Crippen LogP contribution in [0.3, 0.4) is 0 Å². The fourth-order valence-electron chi connectivity index (χ4n) is 2.71. The number of anilines is 1. The van der Waals surface area contributed by atoms with E-state index < -0.39 is 24.5 Å². The van der Waals surface area contributed by atoms with E-state index in [4.69, 9.17) is 18.6 Å². The molecule has 3 rings (SSSR count). The van der Waals surface area contributed by atoms with Crippen molar-refractivity contribution in [3.05, 3.63) is 59.9 Å². The third kappa shape index (κ3) is 4.37. The Morgan fingerprint density at radius 2 is 1.69 bits per heavy atom. The second-order valence-corrected chi connectivity index (χ2v) is 5.85. The van der Waals surface area contributed by atoms with Crippen molar-refractivity contribution in [3.63, 3.8) is 0 Å². The summed E-state index contributed by atoms with van der Waals surface area (Å²) in [5.74, 6) is -1.84. The summed E-state index contributed by atoms with van der Waals surface area (Å²) >= 11 is 0. The summed E-state index contributed by atoms with van der Waals surface area (Å²) in [5.41, 5.74) is 0.776. The van der Waals surface area contributed by atoms with Gasteiger partial charge in [0.15, 0.2) is 6.61 Å². The summed E-state index contributed by atoms with van der Waals surface area (Å²) in [7, 11) is 1.43. The van der Waals surface area contributed by atoms with Crippen LogP contribution in [0, 0.1) is 0 Å². The van der Waals surface area contributed by atoms with Crippen molar-refractivity contribution in [2.24, 2.45) is 0 Å². The zero-order valence-corrected chi connectivity index (χ0v) is 15.9. The van der Waals surface area contributed by atoms with Crippen LogP contribution in [0.25, 0.3) is 11.0 Å². The molecule has 0 saturated heterocycles. The van der Waals surface area contributed by atoms with E-state index in [0.717, 1.165) is 0 Å². The predicted octanol–water partition coefficient (Wildman–Crippen LogP) is 3.41. The van der Waals surface area contributed by atoms with Gasteiger partial charge in [-0.1, -0.05) is 24.3 Å². The maximum Gasteiger partial charge on any atom is 0.376 e. The number of furan rings is 1. The Morgan fingerprint density at radius 1 is 0.966 bits per heavy atom. The summed E-state index contributed by atoms with van der Waals surface area (Å²) < 4.78 is 20.7. The number of fused-ring (bicyclic) bond motifs is 1. The maximum absolute atomic E-state index is 12.4. The molecule has 3 aromatic rings. The number of rotatable bonds is 7. The molecule has 8 nitrogen and oxygen atoms in total. The van der Waals surface area contributed by atoms with Crippen LogP contribution in [-0.2, 0) is 14.3 Å². The quantitative estimate of drug-likeness (QED) is 0.609. The summed E-state index contributed by atoms with van der Waals surface area (Å²) in [6.45, 7) is 1.26. The Bertz CT molecular complexity index is 1050. The number of esters is 2. The number of hydrogen-bond donors (Lipinski definition) is 1. The smallest absolute Gasteiger partial charge is 0.376 e. The lowest BCUT2D eigenvalue weighted by Crippen LogP contribution is -2.22. The van der Waals surface area contributed by atoms with Crippen LogP contribution >= 0.6 is 0 Å². The van der Waals surface area contributed by atoms with Crippen LogP contribution in [-0.4, -0.2) is 38.2 Å². The first kappa shape index (κ1) is 19.9. The molecule has 0 unspecified atom stereocenters. The van der Waals surface area contributed by atoms with E-state index in [-0.39, 0.29) is 23.6 Å². The van der Waals surface area contributed by atoms with Gasteiger partial charge in [-0.25, -0.2) is 9.59 Å². The van der Waals surface area contributed by atoms with Gasteiger partial charge in [0, 0.05) is 5.39 Å². The Labute approximate surface area is 166 Å². The molecule has 29 heavy (non-hydrogen) atoms. The van der Waals surface area contributed by atoms with Gasteiger partial charge in [-0.15, -0.1) is 0 Å². The van der Waals surface area contributed by atoms with Crippen molar-refractivity contribution >= 4 is 34.5 Å². The number of methoxy groups -OCH3 is 1. The molecule has 1 amide bonds. The second kappa shape index (κ2) is 8.92. The molecule has 0 bridgehead atoms. The monoisotopic (exact) mass is 397 g/mol. The number of hydrogen-bond acceptors (Lipinski definition) is 7. The molecule has 0 radical (unpaired) electrons. The lowest BCUT2D eigenvalue weighted by atomic mass is 10.2. The molecule has 1 heterocycles. The van der Waals surface area contributed by atoms with Crippen molar-refractivity contribution in [2.45, 2.75) is 6.92 Å². The molecule has 0 aliphatic rings. The van der Waals surface area contributed by atoms with Crippen molar-refractivity contribution < 1.29 is 33.0 Å². The molecule has 8 heteroatoms. The molecule has 1 aromatic heterocycles. The van der Waals surface area contributed by atoms with E-state index in [1.165, 1.54) is 13.2 Å². The number of amides is 1. The number of para-hydroxylation sites is 2. The zero-order valence-electron chi connectivity index (χ0n) is 15.9. The molecule has 1 N–H and O–H groups in total. The summed E-state index contributed by atoms with van der Waals surface area (Å²) in [4.78, 5) is 36.8. The Morgan fingerprint density at radius 3 is 2.45 bits per heavy atom. The fraction of sp³-hybridized carbons (Fsp3) is 0.190. The predicted molar refractivity (Wildman–Crippen MR) is 104 cm³/mol. The van der Waals surface area contributed by atoms with Gasteiger partial charge in [0.05, 0.1) is 13.7 Å². The van der Waals surface area contributed by atoms with E-state index in [1.54, 1.807) is 49.4 Å². The first-order valence-electron chi connectivity index (χ1n) is 8.83. The summed E-state index contributed by atoms with van der Waals surface area (Å²) in [6, 6.07) is 13.3. The molecule has 0 aliphatic carbocycles. The van der Waals surface area contributed by atoms with E-state index in [1.807, 2.05) is 0 Å².